The topological polar surface area (TPSA) is 49.3 Å². The van der Waals surface area contributed by atoms with Gasteiger partial charge in [0.15, 0.2) is 5.78 Å². The van der Waals surface area contributed by atoms with E-state index in [0.717, 1.165) is 0 Å². The zero-order valence-electron chi connectivity index (χ0n) is 5.92. The first kappa shape index (κ1) is 7.28. The second-order valence-electron chi connectivity index (χ2n) is 2.37. The van der Waals surface area contributed by atoms with Crippen LogP contribution in [0.2, 0.25) is 0 Å². The molecule has 2 N–H and O–H groups in total. The number of carbonyl (C=O) groups excluding carboxylic acids is 1. The fourth-order valence-electron chi connectivity index (χ4n) is 1.02. The van der Waals surface area contributed by atoms with E-state index in [4.69, 9.17) is 0 Å². The van der Waals surface area contributed by atoms with E-state index >= 15 is 0 Å². The largest absolute Gasteiger partial charge is 0.389 e. The highest BCUT2D eigenvalue weighted by atomic mass is 16.3. The molecule has 3 heteroatoms. The number of nitrogens with one attached hydrogen (secondary N) is 1. The first-order valence-electron chi connectivity index (χ1n) is 3.34. The Balaban J connectivity index is 2.71. The van der Waals surface area contributed by atoms with Crippen LogP contribution in [-0.2, 0) is 4.79 Å². The molecule has 1 aliphatic carbocycles. The van der Waals surface area contributed by atoms with Crippen molar-refractivity contribution in [1.82, 2.24) is 5.32 Å². The Labute approximate surface area is 59.7 Å². The van der Waals surface area contributed by atoms with Gasteiger partial charge in [0.2, 0.25) is 0 Å². The van der Waals surface area contributed by atoms with Crippen molar-refractivity contribution in [2.75, 3.05) is 7.05 Å². The first-order chi connectivity index (χ1) is 4.74. The molecule has 0 saturated heterocycles. The van der Waals surface area contributed by atoms with Crippen LogP contribution in [0.4, 0.5) is 0 Å². The van der Waals surface area contributed by atoms with Gasteiger partial charge in [0.1, 0.15) is 0 Å². The van der Waals surface area contributed by atoms with Gasteiger partial charge in [-0.25, -0.2) is 0 Å². The molecule has 10 heavy (non-hydrogen) atoms. The Morgan fingerprint density at radius 3 is 3.00 bits per heavy atom. The molecule has 0 radical (unpaired) electrons. The standard InChI is InChI=1S/C7H11NO2/c1-8-6-4-5(9)2-3-7(6)10/h4,7-8,10H,2-3H2,1H3. The molecule has 0 bridgehead atoms. The Morgan fingerprint density at radius 2 is 2.50 bits per heavy atom. The summed E-state index contributed by atoms with van der Waals surface area (Å²) in [5.41, 5.74) is 0.635. The molecule has 0 aromatic heterocycles. The molecule has 1 atom stereocenters. The molecule has 1 aliphatic rings. The molecular weight excluding hydrogens is 130 g/mol. The number of aliphatic hydroxyl groups is 1. The summed E-state index contributed by atoms with van der Waals surface area (Å²) < 4.78 is 0. The van der Waals surface area contributed by atoms with Gasteiger partial charge < -0.3 is 10.4 Å². The summed E-state index contributed by atoms with van der Waals surface area (Å²) in [6.07, 6.45) is 2.01. The van der Waals surface area contributed by atoms with Crippen LogP contribution in [0.3, 0.4) is 0 Å². The Morgan fingerprint density at radius 1 is 1.80 bits per heavy atom. The average molecular weight is 141 g/mol. The number of aliphatic hydroxyl groups excluding tert-OH is 1. The van der Waals surface area contributed by atoms with Gasteiger partial charge in [-0.2, -0.15) is 0 Å². The Hall–Kier alpha value is -0.830. The lowest BCUT2D eigenvalue weighted by atomic mass is 10.0. The smallest absolute Gasteiger partial charge is 0.157 e. The quantitative estimate of drug-likeness (QED) is 0.532. The minimum atomic E-state index is -0.470. The number of allylic oxidation sites excluding steroid dienone is 1. The van der Waals surface area contributed by atoms with E-state index in [1.165, 1.54) is 6.08 Å². The first-order valence-corrected chi connectivity index (χ1v) is 3.34. The number of likely N-dealkylation sites (N-methyl/N-ethyl adjacent to an activating group) is 1. The van der Waals surface area contributed by atoms with E-state index in [-0.39, 0.29) is 5.78 Å². The highest BCUT2D eigenvalue weighted by Crippen LogP contribution is 2.12. The van der Waals surface area contributed by atoms with Gasteiger partial charge in [0.05, 0.1) is 6.10 Å². The van der Waals surface area contributed by atoms with E-state index in [1.54, 1.807) is 7.05 Å². The third-order valence-electron chi connectivity index (χ3n) is 1.63. The van der Waals surface area contributed by atoms with Crippen LogP contribution in [0, 0.1) is 0 Å². The molecular formula is C7H11NO2. The van der Waals surface area contributed by atoms with E-state index in [2.05, 4.69) is 5.32 Å². The van der Waals surface area contributed by atoms with Gasteiger partial charge in [0, 0.05) is 25.2 Å². The highest BCUT2D eigenvalue weighted by molar-refractivity contribution is 5.91. The molecule has 3 nitrogen and oxygen atoms in total. The normalized spacial score (nSPS) is 26.0. The highest BCUT2D eigenvalue weighted by Gasteiger charge is 2.17. The van der Waals surface area contributed by atoms with Crippen molar-refractivity contribution in [2.24, 2.45) is 0 Å². The fraction of sp³-hybridized carbons (Fsp3) is 0.571. The average Bonchev–Trinajstić information content (AvgIpc) is 1.94. The minimum Gasteiger partial charge on any atom is -0.389 e. The summed E-state index contributed by atoms with van der Waals surface area (Å²) in [6.45, 7) is 0. The fourth-order valence-corrected chi connectivity index (χ4v) is 1.02. The van der Waals surface area contributed by atoms with Crippen molar-refractivity contribution in [3.05, 3.63) is 11.8 Å². The van der Waals surface area contributed by atoms with E-state index in [1.807, 2.05) is 0 Å². The van der Waals surface area contributed by atoms with Crippen molar-refractivity contribution in [3.63, 3.8) is 0 Å². The summed E-state index contributed by atoms with van der Waals surface area (Å²) in [5, 5.41) is 12.0. The maximum Gasteiger partial charge on any atom is 0.157 e. The van der Waals surface area contributed by atoms with Gasteiger partial charge in [-0.15, -0.1) is 0 Å². The maximum absolute atomic E-state index is 10.8. The van der Waals surface area contributed by atoms with E-state index < -0.39 is 6.10 Å². The van der Waals surface area contributed by atoms with Crippen LogP contribution in [0.5, 0.6) is 0 Å². The molecule has 0 fully saturated rings. The van der Waals surface area contributed by atoms with Crippen molar-refractivity contribution in [3.8, 4) is 0 Å². The van der Waals surface area contributed by atoms with Crippen molar-refractivity contribution >= 4 is 5.78 Å². The summed E-state index contributed by atoms with van der Waals surface area (Å²) in [4.78, 5) is 10.8. The van der Waals surface area contributed by atoms with Crippen molar-refractivity contribution < 1.29 is 9.90 Å². The van der Waals surface area contributed by atoms with Gasteiger partial charge in [-0.05, 0) is 6.42 Å². The SMILES string of the molecule is CNC1=CC(=O)CCC1O. The second-order valence-corrected chi connectivity index (χ2v) is 2.37. The summed E-state index contributed by atoms with van der Waals surface area (Å²) >= 11 is 0. The number of carbonyl (C=O) groups is 1. The molecule has 0 spiro atoms. The minimum absolute atomic E-state index is 0.0923. The number of rotatable bonds is 1. The molecule has 56 valence electrons. The maximum atomic E-state index is 10.8. The van der Waals surface area contributed by atoms with Crippen LogP contribution in [0.25, 0.3) is 0 Å². The molecule has 1 rings (SSSR count). The monoisotopic (exact) mass is 141 g/mol. The molecule has 0 aromatic rings. The summed E-state index contributed by atoms with van der Waals surface area (Å²) in [5.74, 6) is 0.0923. The van der Waals surface area contributed by atoms with Crippen LogP contribution in [0.1, 0.15) is 12.8 Å². The number of hydrogen-bond acceptors (Lipinski definition) is 3. The van der Waals surface area contributed by atoms with E-state index in [9.17, 15) is 9.90 Å². The van der Waals surface area contributed by atoms with Crippen LogP contribution >= 0.6 is 0 Å². The lowest BCUT2D eigenvalue weighted by Gasteiger charge is -2.17. The second kappa shape index (κ2) is 2.84. The van der Waals surface area contributed by atoms with Gasteiger partial charge >= 0.3 is 0 Å². The van der Waals surface area contributed by atoms with Crippen LogP contribution < -0.4 is 5.32 Å². The molecule has 0 aromatic carbocycles. The summed E-state index contributed by atoms with van der Waals surface area (Å²) in [6, 6.07) is 0. The molecule has 1 unspecified atom stereocenters. The van der Waals surface area contributed by atoms with Gasteiger partial charge in [-0.1, -0.05) is 0 Å². The van der Waals surface area contributed by atoms with Crippen molar-refractivity contribution in [2.45, 2.75) is 18.9 Å². The third kappa shape index (κ3) is 1.36. The lowest BCUT2D eigenvalue weighted by molar-refractivity contribution is -0.115. The lowest BCUT2D eigenvalue weighted by Crippen LogP contribution is -2.26. The Kier molecular flexibility index (Phi) is 2.06. The molecule has 0 saturated carbocycles. The molecule has 0 heterocycles. The predicted molar refractivity (Wildman–Crippen MR) is 37.4 cm³/mol. The Bertz CT molecular complexity index is 174. The van der Waals surface area contributed by atoms with E-state index in [0.29, 0.717) is 18.5 Å². The predicted octanol–water partition coefficient (Wildman–Crippen LogP) is -0.187. The number of ketones is 1. The molecule has 0 aliphatic heterocycles. The van der Waals surface area contributed by atoms with Gasteiger partial charge in [-0.3, -0.25) is 4.79 Å². The zero-order chi connectivity index (χ0) is 7.56. The molecule has 0 amide bonds. The van der Waals surface area contributed by atoms with Crippen molar-refractivity contribution in [1.29, 1.82) is 0 Å². The van der Waals surface area contributed by atoms with Crippen LogP contribution in [0.15, 0.2) is 11.8 Å². The zero-order valence-corrected chi connectivity index (χ0v) is 5.92. The van der Waals surface area contributed by atoms with Gasteiger partial charge in [0.25, 0.3) is 0 Å². The number of hydrogen-bond donors (Lipinski definition) is 2. The summed E-state index contributed by atoms with van der Waals surface area (Å²) in [7, 11) is 1.70. The van der Waals surface area contributed by atoms with Crippen LogP contribution in [-0.4, -0.2) is 24.0 Å². The third-order valence-corrected chi connectivity index (χ3v) is 1.63.